The minimum absolute atomic E-state index is 0.459. The molecule has 1 rings (SSSR count). The van der Waals surface area contributed by atoms with Crippen molar-refractivity contribution in [1.82, 2.24) is 0 Å². The third-order valence-electron chi connectivity index (χ3n) is 2.06. The maximum absolute atomic E-state index is 5.52. The first-order valence-corrected chi connectivity index (χ1v) is 4.05. The van der Waals surface area contributed by atoms with E-state index in [1.807, 2.05) is 6.08 Å². The smallest absolute Gasteiger partial charge is 0.0612 e. The van der Waals surface area contributed by atoms with E-state index in [9.17, 15) is 0 Å². The van der Waals surface area contributed by atoms with Crippen LogP contribution in [0.25, 0.3) is 0 Å². The van der Waals surface area contributed by atoms with Crippen LogP contribution in [0.2, 0.25) is 0 Å². The molecule has 58 valence electrons. The quantitative estimate of drug-likeness (QED) is 0.535. The summed E-state index contributed by atoms with van der Waals surface area (Å²) in [6, 6.07) is 0. The van der Waals surface area contributed by atoms with Crippen molar-refractivity contribution >= 4 is 0 Å². The van der Waals surface area contributed by atoms with Crippen LogP contribution in [0.15, 0.2) is 12.7 Å². The molecule has 1 saturated heterocycles. The first-order chi connectivity index (χ1) is 4.83. The topological polar surface area (TPSA) is 9.23 Å². The molecule has 10 heavy (non-hydrogen) atoms. The zero-order valence-electron chi connectivity index (χ0n) is 6.68. The highest BCUT2D eigenvalue weighted by Crippen LogP contribution is 2.21. The first kappa shape index (κ1) is 7.80. The molecule has 1 nitrogen and oxygen atoms in total. The molecule has 0 aromatic rings. The predicted octanol–water partition coefficient (Wildman–Crippen LogP) is 2.38. The van der Waals surface area contributed by atoms with E-state index in [4.69, 9.17) is 4.74 Å². The molecule has 0 amide bonds. The molecule has 0 N–H and O–H groups in total. The Morgan fingerprint density at radius 3 is 3.10 bits per heavy atom. The van der Waals surface area contributed by atoms with Gasteiger partial charge in [-0.1, -0.05) is 13.0 Å². The van der Waals surface area contributed by atoms with Crippen molar-refractivity contribution in [1.29, 1.82) is 0 Å². The average Bonchev–Trinajstić information content (AvgIpc) is 1.88. The highest BCUT2D eigenvalue weighted by molar-refractivity contribution is 4.77. The minimum atomic E-state index is 0.459. The van der Waals surface area contributed by atoms with Gasteiger partial charge in [-0.3, -0.25) is 0 Å². The fraction of sp³-hybridized carbons (Fsp3) is 0.778. The van der Waals surface area contributed by atoms with Gasteiger partial charge in [-0.05, 0) is 25.2 Å². The van der Waals surface area contributed by atoms with Gasteiger partial charge in [0.05, 0.1) is 6.10 Å². The zero-order valence-corrected chi connectivity index (χ0v) is 6.68. The molecule has 0 spiro atoms. The maximum atomic E-state index is 5.52. The van der Waals surface area contributed by atoms with Crippen molar-refractivity contribution in [2.45, 2.75) is 32.3 Å². The molecule has 0 bridgehead atoms. The predicted molar refractivity (Wildman–Crippen MR) is 43.0 cm³/mol. The van der Waals surface area contributed by atoms with Gasteiger partial charge in [-0.2, -0.15) is 0 Å². The van der Waals surface area contributed by atoms with Crippen molar-refractivity contribution in [2.75, 3.05) is 6.61 Å². The molecular formula is C9H16O. The van der Waals surface area contributed by atoms with Crippen LogP contribution in [0.5, 0.6) is 0 Å². The maximum Gasteiger partial charge on any atom is 0.0612 e. The number of ether oxygens (including phenoxy) is 1. The van der Waals surface area contributed by atoms with Crippen molar-refractivity contribution in [3.8, 4) is 0 Å². The van der Waals surface area contributed by atoms with Gasteiger partial charge in [-0.15, -0.1) is 6.58 Å². The Kier molecular flexibility index (Phi) is 2.94. The molecule has 1 aliphatic heterocycles. The second-order valence-electron chi connectivity index (χ2n) is 3.15. The fourth-order valence-corrected chi connectivity index (χ4v) is 1.42. The Bertz CT molecular complexity index is 109. The lowest BCUT2D eigenvalue weighted by molar-refractivity contribution is -0.00254. The Hall–Kier alpha value is -0.300. The van der Waals surface area contributed by atoms with Gasteiger partial charge in [0.2, 0.25) is 0 Å². The van der Waals surface area contributed by atoms with Crippen LogP contribution >= 0.6 is 0 Å². The molecule has 1 aliphatic rings. The Morgan fingerprint density at radius 2 is 2.50 bits per heavy atom. The normalized spacial score (nSPS) is 33.7. The van der Waals surface area contributed by atoms with Crippen LogP contribution in [0.4, 0.5) is 0 Å². The standard InChI is InChI=1S/C9H16O/c1-3-4-9-7-8(2)5-6-10-9/h3,8-9H,1,4-7H2,2H3. The van der Waals surface area contributed by atoms with E-state index in [0.29, 0.717) is 6.10 Å². The summed E-state index contributed by atoms with van der Waals surface area (Å²) in [5.74, 6) is 0.846. The summed E-state index contributed by atoms with van der Waals surface area (Å²) in [5.41, 5.74) is 0. The molecular weight excluding hydrogens is 124 g/mol. The van der Waals surface area contributed by atoms with Crippen LogP contribution in [0.3, 0.4) is 0 Å². The summed E-state index contributed by atoms with van der Waals surface area (Å²) < 4.78 is 5.52. The van der Waals surface area contributed by atoms with Crippen molar-refractivity contribution in [3.05, 3.63) is 12.7 Å². The summed E-state index contributed by atoms with van der Waals surface area (Å²) in [7, 11) is 0. The van der Waals surface area contributed by atoms with Crippen molar-refractivity contribution in [3.63, 3.8) is 0 Å². The lowest BCUT2D eigenvalue weighted by Gasteiger charge is -2.26. The average molecular weight is 140 g/mol. The molecule has 1 heteroatoms. The van der Waals surface area contributed by atoms with E-state index in [1.165, 1.54) is 12.8 Å². The van der Waals surface area contributed by atoms with Gasteiger partial charge in [0.1, 0.15) is 0 Å². The van der Waals surface area contributed by atoms with Gasteiger partial charge in [0.15, 0.2) is 0 Å². The first-order valence-electron chi connectivity index (χ1n) is 4.05. The van der Waals surface area contributed by atoms with E-state index in [0.717, 1.165) is 18.9 Å². The molecule has 2 unspecified atom stereocenters. The fourth-order valence-electron chi connectivity index (χ4n) is 1.42. The monoisotopic (exact) mass is 140 g/mol. The molecule has 0 aliphatic carbocycles. The van der Waals surface area contributed by atoms with Crippen LogP contribution in [0, 0.1) is 5.92 Å². The van der Waals surface area contributed by atoms with E-state index in [1.54, 1.807) is 0 Å². The Labute approximate surface area is 63.1 Å². The molecule has 0 radical (unpaired) electrons. The third kappa shape index (κ3) is 2.14. The van der Waals surface area contributed by atoms with Crippen LogP contribution in [-0.2, 0) is 4.74 Å². The molecule has 1 heterocycles. The lowest BCUT2D eigenvalue weighted by atomic mass is 9.96. The van der Waals surface area contributed by atoms with Crippen molar-refractivity contribution in [2.24, 2.45) is 5.92 Å². The SMILES string of the molecule is C=CCC1CC(C)CCO1. The van der Waals surface area contributed by atoms with E-state index >= 15 is 0 Å². The molecule has 1 fully saturated rings. The largest absolute Gasteiger partial charge is 0.378 e. The second kappa shape index (κ2) is 3.77. The minimum Gasteiger partial charge on any atom is -0.378 e. The third-order valence-corrected chi connectivity index (χ3v) is 2.06. The second-order valence-corrected chi connectivity index (χ2v) is 3.15. The highest BCUT2D eigenvalue weighted by atomic mass is 16.5. The summed E-state index contributed by atoms with van der Waals surface area (Å²) >= 11 is 0. The van der Waals surface area contributed by atoms with Crippen LogP contribution < -0.4 is 0 Å². The van der Waals surface area contributed by atoms with E-state index in [-0.39, 0.29) is 0 Å². The number of hydrogen-bond donors (Lipinski definition) is 0. The lowest BCUT2D eigenvalue weighted by Crippen LogP contribution is -2.23. The van der Waals surface area contributed by atoms with E-state index in [2.05, 4.69) is 13.5 Å². The Morgan fingerprint density at radius 1 is 1.70 bits per heavy atom. The van der Waals surface area contributed by atoms with Crippen LogP contribution in [-0.4, -0.2) is 12.7 Å². The number of hydrogen-bond acceptors (Lipinski definition) is 1. The zero-order chi connectivity index (χ0) is 7.40. The summed E-state index contributed by atoms with van der Waals surface area (Å²) in [6.45, 7) is 6.93. The molecule has 2 atom stereocenters. The summed E-state index contributed by atoms with van der Waals surface area (Å²) in [6.07, 6.45) is 5.87. The molecule has 0 aromatic heterocycles. The van der Waals surface area contributed by atoms with Gasteiger partial charge >= 0.3 is 0 Å². The van der Waals surface area contributed by atoms with E-state index < -0.39 is 0 Å². The van der Waals surface area contributed by atoms with Gasteiger partial charge in [0, 0.05) is 6.61 Å². The van der Waals surface area contributed by atoms with Crippen LogP contribution in [0.1, 0.15) is 26.2 Å². The van der Waals surface area contributed by atoms with Gasteiger partial charge in [0.25, 0.3) is 0 Å². The molecule has 0 aromatic carbocycles. The number of rotatable bonds is 2. The van der Waals surface area contributed by atoms with Crippen molar-refractivity contribution < 1.29 is 4.74 Å². The van der Waals surface area contributed by atoms with Gasteiger partial charge < -0.3 is 4.74 Å². The Balaban J connectivity index is 2.24. The van der Waals surface area contributed by atoms with Gasteiger partial charge in [-0.25, -0.2) is 0 Å². The molecule has 0 saturated carbocycles. The summed E-state index contributed by atoms with van der Waals surface area (Å²) in [5, 5.41) is 0. The summed E-state index contributed by atoms with van der Waals surface area (Å²) in [4.78, 5) is 0. The highest BCUT2D eigenvalue weighted by Gasteiger charge is 2.17.